The van der Waals surface area contributed by atoms with Crippen molar-refractivity contribution in [1.82, 2.24) is 20.0 Å². The number of carbonyl (C=O) groups is 2. The summed E-state index contributed by atoms with van der Waals surface area (Å²) in [6.45, 7) is 2.09. The van der Waals surface area contributed by atoms with Crippen LogP contribution in [0.1, 0.15) is 31.2 Å². The lowest BCUT2D eigenvalue weighted by Gasteiger charge is -2.31. The van der Waals surface area contributed by atoms with Gasteiger partial charge in [0.05, 0.1) is 5.69 Å². The van der Waals surface area contributed by atoms with E-state index in [0.29, 0.717) is 12.5 Å². The fourth-order valence-electron chi connectivity index (χ4n) is 3.66. The van der Waals surface area contributed by atoms with E-state index >= 15 is 0 Å². The SMILES string of the molecule is O=C(NCCc1ccc(-n2cccn2)cc1)C1CCN(C(=O)C2CC2)CC1. The Morgan fingerprint density at radius 1 is 1.04 bits per heavy atom. The molecule has 1 aliphatic heterocycles. The zero-order chi connectivity index (χ0) is 18.6. The third-order valence-electron chi connectivity index (χ3n) is 5.52. The number of piperidine rings is 1. The van der Waals surface area contributed by atoms with E-state index in [4.69, 9.17) is 0 Å². The summed E-state index contributed by atoms with van der Waals surface area (Å²) in [6, 6.07) is 10.1. The summed E-state index contributed by atoms with van der Waals surface area (Å²) in [5, 5.41) is 7.28. The number of likely N-dealkylation sites (tertiary alicyclic amines) is 1. The molecule has 4 rings (SSSR count). The van der Waals surface area contributed by atoms with Crippen LogP contribution in [0.4, 0.5) is 0 Å². The Labute approximate surface area is 159 Å². The summed E-state index contributed by atoms with van der Waals surface area (Å²) in [7, 11) is 0. The van der Waals surface area contributed by atoms with E-state index in [1.165, 1.54) is 5.56 Å². The third kappa shape index (κ3) is 4.38. The molecule has 0 bridgehead atoms. The lowest BCUT2D eigenvalue weighted by atomic mass is 9.95. The molecule has 1 aromatic carbocycles. The van der Waals surface area contributed by atoms with E-state index in [-0.39, 0.29) is 17.7 Å². The molecular formula is C21H26N4O2. The Morgan fingerprint density at radius 2 is 1.78 bits per heavy atom. The molecule has 6 nitrogen and oxygen atoms in total. The fourth-order valence-corrected chi connectivity index (χ4v) is 3.66. The minimum atomic E-state index is 0.0374. The summed E-state index contributed by atoms with van der Waals surface area (Å²) in [5.74, 6) is 0.736. The van der Waals surface area contributed by atoms with Gasteiger partial charge in [-0.3, -0.25) is 9.59 Å². The highest BCUT2D eigenvalue weighted by molar-refractivity contribution is 5.82. The first-order valence-corrected chi connectivity index (χ1v) is 9.86. The molecule has 0 radical (unpaired) electrons. The average Bonchev–Trinajstić information content (AvgIpc) is 3.42. The van der Waals surface area contributed by atoms with Crippen molar-refractivity contribution in [2.75, 3.05) is 19.6 Å². The molecule has 2 heterocycles. The summed E-state index contributed by atoms with van der Waals surface area (Å²) >= 11 is 0. The number of benzene rings is 1. The molecule has 1 aromatic heterocycles. The van der Waals surface area contributed by atoms with Crippen LogP contribution in [0.25, 0.3) is 5.69 Å². The second-order valence-electron chi connectivity index (χ2n) is 7.53. The molecule has 0 atom stereocenters. The molecule has 2 aromatic rings. The fraction of sp³-hybridized carbons (Fsp3) is 0.476. The summed E-state index contributed by atoms with van der Waals surface area (Å²) in [6.07, 6.45) is 8.13. The number of amides is 2. The molecule has 0 unspecified atom stereocenters. The zero-order valence-electron chi connectivity index (χ0n) is 15.5. The number of aromatic nitrogens is 2. The Hall–Kier alpha value is -2.63. The van der Waals surface area contributed by atoms with Crippen LogP contribution in [0.15, 0.2) is 42.7 Å². The molecule has 1 aliphatic carbocycles. The van der Waals surface area contributed by atoms with Gasteiger partial charge in [-0.15, -0.1) is 0 Å². The van der Waals surface area contributed by atoms with Crippen LogP contribution in [0.2, 0.25) is 0 Å². The van der Waals surface area contributed by atoms with Gasteiger partial charge in [-0.2, -0.15) is 5.10 Å². The number of hydrogen-bond acceptors (Lipinski definition) is 3. The lowest BCUT2D eigenvalue weighted by Crippen LogP contribution is -2.43. The van der Waals surface area contributed by atoms with Crippen LogP contribution in [-0.2, 0) is 16.0 Å². The van der Waals surface area contributed by atoms with Gasteiger partial charge in [-0.25, -0.2) is 4.68 Å². The van der Waals surface area contributed by atoms with Crippen molar-refractivity contribution in [3.63, 3.8) is 0 Å². The highest BCUT2D eigenvalue weighted by Crippen LogP contribution is 2.32. The van der Waals surface area contributed by atoms with Crippen molar-refractivity contribution < 1.29 is 9.59 Å². The summed E-state index contributed by atoms with van der Waals surface area (Å²) in [5.41, 5.74) is 2.22. The molecule has 1 saturated carbocycles. The summed E-state index contributed by atoms with van der Waals surface area (Å²) < 4.78 is 1.83. The van der Waals surface area contributed by atoms with Crippen LogP contribution in [0.5, 0.6) is 0 Å². The molecule has 2 fully saturated rings. The van der Waals surface area contributed by atoms with Gasteiger partial charge in [0.15, 0.2) is 0 Å². The molecular weight excluding hydrogens is 340 g/mol. The minimum Gasteiger partial charge on any atom is -0.356 e. The molecule has 0 spiro atoms. The second kappa shape index (κ2) is 7.94. The Morgan fingerprint density at radius 3 is 2.41 bits per heavy atom. The molecule has 2 aliphatic rings. The van der Waals surface area contributed by atoms with Crippen LogP contribution in [0, 0.1) is 11.8 Å². The molecule has 1 saturated heterocycles. The predicted octanol–water partition coefficient (Wildman–Crippen LogP) is 2.18. The van der Waals surface area contributed by atoms with Gasteiger partial charge in [0.25, 0.3) is 0 Å². The van der Waals surface area contributed by atoms with Crippen molar-refractivity contribution in [2.45, 2.75) is 32.1 Å². The van der Waals surface area contributed by atoms with E-state index in [0.717, 1.165) is 50.9 Å². The number of nitrogens with zero attached hydrogens (tertiary/aromatic N) is 3. The maximum Gasteiger partial charge on any atom is 0.225 e. The maximum atomic E-state index is 12.4. The molecule has 1 N–H and O–H groups in total. The van der Waals surface area contributed by atoms with E-state index in [2.05, 4.69) is 22.5 Å². The van der Waals surface area contributed by atoms with Crippen molar-refractivity contribution in [3.8, 4) is 5.69 Å². The van der Waals surface area contributed by atoms with Gasteiger partial charge < -0.3 is 10.2 Å². The van der Waals surface area contributed by atoms with E-state index in [1.54, 1.807) is 6.20 Å². The number of hydrogen-bond donors (Lipinski definition) is 1. The Balaban J connectivity index is 1.19. The van der Waals surface area contributed by atoms with Gasteiger partial charge >= 0.3 is 0 Å². The van der Waals surface area contributed by atoms with Gasteiger partial charge in [0, 0.05) is 43.9 Å². The van der Waals surface area contributed by atoms with Crippen molar-refractivity contribution >= 4 is 11.8 Å². The molecule has 27 heavy (non-hydrogen) atoms. The average molecular weight is 366 g/mol. The van der Waals surface area contributed by atoms with Crippen LogP contribution in [-0.4, -0.2) is 46.1 Å². The first kappa shape index (κ1) is 17.8. The largest absolute Gasteiger partial charge is 0.356 e. The highest BCUT2D eigenvalue weighted by Gasteiger charge is 2.35. The molecule has 2 amide bonds. The standard InChI is InChI=1S/C21H26N4O2/c26-20(17-9-14-24(15-10-17)21(27)18-4-5-18)22-12-8-16-2-6-19(7-3-16)25-13-1-11-23-25/h1-3,6-7,11,13,17-18H,4-5,8-10,12,14-15H2,(H,22,26). The number of nitrogens with one attached hydrogen (secondary N) is 1. The van der Waals surface area contributed by atoms with Crippen LogP contribution in [0.3, 0.4) is 0 Å². The van der Waals surface area contributed by atoms with Crippen molar-refractivity contribution in [3.05, 3.63) is 48.3 Å². The van der Waals surface area contributed by atoms with Gasteiger partial charge in [-0.1, -0.05) is 12.1 Å². The van der Waals surface area contributed by atoms with Crippen LogP contribution < -0.4 is 5.32 Å². The monoisotopic (exact) mass is 366 g/mol. The highest BCUT2D eigenvalue weighted by atomic mass is 16.2. The summed E-state index contributed by atoms with van der Waals surface area (Å²) in [4.78, 5) is 26.4. The zero-order valence-corrected chi connectivity index (χ0v) is 15.5. The molecule has 142 valence electrons. The quantitative estimate of drug-likeness (QED) is 0.852. The lowest BCUT2D eigenvalue weighted by molar-refractivity contribution is -0.136. The topological polar surface area (TPSA) is 67.2 Å². The van der Waals surface area contributed by atoms with Crippen molar-refractivity contribution in [2.24, 2.45) is 11.8 Å². The van der Waals surface area contributed by atoms with E-state index in [1.807, 2.05) is 34.0 Å². The van der Waals surface area contributed by atoms with Gasteiger partial charge in [0.2, 0.25) is 11.8 Å². The van der Waals surface area contributed by atoms with Gasteiger partial charge in [-0.05, 0) is 55.9 Å². The van der Waals surface area contributed by atoms with E-state index < -0.39 is 0 Å². The normalized spacial score (nSPS) is 17.7. The third-order valence-corrected chi connectivity index (χ3v) is 5.52. The predicted molar refractivity (Wildman–Crippen MR) is 102 cm³/mol. The van der Waals surface area contributed by atoms with Crippen molar-refractivity contribution in [1.29, 1.82) is 0 Å². The number of rotatable bonds is 6. The Kier molecular flexibility index (Phi) is 5.23. The first-order chi connectivity index (χ1) is 13.2. The number of carbonyl (C=O) groups excluding carboxylic acids is 2. The molecule has 6 heteroatoms. The van der Waals surface area contributed by atoms with E-state index in [9.17, 15) is 9.59 Å². The smallest absolute Gasteiger partial charge is 0.225 e. The second-order valence-corrected chi connectivity index (χ2v) is 7.53. The Bertz CT molecular complexity index is 773. The maximum absolute atomic E-state index is 12.4. The first-order valence-electron chi connectivity index (χ1n) is 9.86. The minimum absolute atomic E-state index is 0.0374. The van der Waals surface area contributed by atoms with Gasteiger partial charge in [0.1, 0.15) is 0 Å². The van der Waals surface area contributed by atoms with Crippen LogP contribution >= 0.6 is 0 Å².